The van der Waals surface area contributed by atoms with E-state index < -0.39 is 0 Å². The number of rotatable bonds is 3. The molecule has 4 heteroatoms. The number of hydrogen-bond acceptors (Lipinski definition) is 3. The molecule has 3 nitrogen and oxygen atoms in total. The molecule has 0 aromatic carbocycles. The van der Waals surface area contributed by atoms with Gasteiger partial charge in [-0.15, -0.1) is 12.4 Å². The lowest BCUT2D eigenvalue weighted by Gasteiger charge is -2.27. The van der Waals surface area contributed by atoms with Crippen molar-refractivity contribution in [1.82, 2.24) is 0 Å². The third-order valence-corrected chi connectivity index (χ3v) is 4.36. The second-order valence-corrected chi connectivity index (χ2v) is 5.02. The third-order valence-electron chi connectivity index (χ3n) is 4.36. The summed E-state index contributed by atoms with van der Waals surface area (Å²) in [4.78, 5) is 11.9. The number of esters is 1. The lowest BCUT2D eigenvalue weighted by atomic mass is 9.79. The molecule has 16 heavy (non-hydrogen) atoms. The Balaban J connectivity index is 0.00000128. The zero-order chi connectivity index (χ0) is 10.9. The van der Waals surface area contributed by atoms with Gasteiger partial charge in [0.1, 0.15) is 0 Å². The Labute approximate surface area is 104 Å². The first-order valence-corrected chi connectivity index (χ1v) is 6.08. The van der Waals surface area contributed by atoms with Crippen LogP contribution in [-0.2, 0) is 9.53 Å². The van der Waals surface area contributed by atoms with E-state index in [1.54, 1.807) is 0 Å². The molecular formula is C12H22ClNO2. The minimum absolute atomic E-state index is 0. The van der Waals surface area contributed by atoms with Crippen LogP contribution in [0.5, 0.6) is 0 Å². The first kappa shape index (κ1) is 13.8. The molecule has 0 heterocycles. The summed E-state index contributed by atoms with van der Waals surface area (Å²) < 4.78 is 5.17. The summed E-state index contributed by atoms with van der Waals surface area (Å²) in [5.74, 6) is -0.0469. The van der Waals surface area contributed by atoms with Crippen molar-refractivity contribution in [2.75, 3.05) is 13.2 Å². The van der Waals surface area contributed by atoms with E-state index in [4.69, 9.17) is 10.5 Å². The third kappa shape index (κ3) is 1.84. The van der Waals surface area contributed by atoms with E-state index in [1.165, 1.54) is 32.1 Å². The van der Waals surface area contributed by atoms with E-state index in [1.807, 2.05) is 6.92 Å². The quantitative estimate of drug-likeness (QED) is 0.779. The number of carbonyl (C=O) groups excluding carboxylic acids is 1. The molecule has 0 aromatic rings. The van der Waals surface area contributed by atoms with Crippen LogP contribution >= 0.6 is 12.4 Å². The normalized spacial score (nSPS) is 30.6. The van der Waals surface area contributed by atoms with Gasteiger partial charge in [-0.1, -0.05) is 19.3 Å². The van der Waals surface area contributed by atoms with E-state index in [2.05, 4.69) is 0 Å². The molecule has 0 radical (unpaired) electrons. The molecule has 2 aliphatic carbocycles. The van der Waals surface area contributed by atoms with Crippen molar-refractivity contribution in [2.24, 2.45) is 16.6 Å². The number of nitrogens with two attached hydrogens (primary N) is 1. The van der Waals surface area contributed by atoms with Gasteiger partial charge in [-0.05, 0) is 31.6 Å². The zero-order valence-electron chi connectivity index (χ0n) is 9.96. The van der Waals surface area contributed by atoms with Crippen LogP contribution in [0, 0.1) is 10.8 Å². The maximum atomic E-state index is 11.9. The molecule has 1 unspecified atom stereocenters. The second-order valence-electron chi connectivity index (χ2n) is 5.02. The molecule has 2 aliphatic rings. The molecule has 2 fully saturated rings. The van der Waals surface area contributed by atoms with Gasteiger partial charge in [-0.3, -0.25) is 4.79 Å². The molecule has 0 aromatic heterocycles. The average molecular weight is 248 g/mol. The fraction of sp³-hybridized carbons (Fsp3) is 0.917. The number of hydrogen-bond donors (Lipinski definition) is 1. The van der Waals surface area contributed by atoms with Gasteiger partial charge in [0.15, 0.2) is 0 Å². The molecule has 0 bridgehead atoms. The van der Waals surface area contributed by atoms with Crippen molar-refractivity contribution in [1.29, 1.82) is 0 Å². The Morgan fingerprint density at radius 1 is 1.31 bits per heavy atom. The van der Waals surface area contributed by atoms with Crippen molar-refractivity contribution < 1.29 is 9.53 Å². The molecule has 1 atom stereocenters. The van der Waals surface area contributed by atoms with E-state index >= 15 is 0 Å². The van der Waals surface area contributed by atoms with Crippen molar-refractivity contribution in [3.63, 3.8) is 0 Å². The number of halogens is 1. The molecule has 2 N–H and O–H groups in total. The predicted molar refractivity (Wildman–Crippen MR) is 65.5 cm³/mol. The van der Waals surface area contributed by atoms with Gasteiger partial charge >= 0.3 is 5.97 Å². The van der Waals surface area contributed by atoms with Crippen LogP contribution in [0.3, 0.4) is 0 Å². The number of carbonyl (C=O) groups is 1. The van der Waals surface area contributed by atoms with Crippen LogP contribution in [0.2, 0.25) is 0 Å². The molecule has 94 valence electrons. The van der Waals surface area contributed by atoms with Crippen molar-refractivity contribution in [3.05, 3.63) is 0 Å². The lowest BCUT2D eigenvalue weighted by Crippen LogP contribution is -2.34. The Morgan fingerprint density at radius 3 is 2.44 bits per heavy atom. The standard InChI is InChI=1S/C12H21NO2.ClH/c1-2-15-10(14)12(9-13)8-11(12)6-4-3-5-7-11;/h2-9,13H2,1H3;1H. The minimum atomic E-state index is -0.316. The van der Waals surface area contributed by atoms with Crippen LogP contribution < -0.4 is 5.73 Å². The maximum Gasteiger partial charge on any atom is 0.313 e. The molecule has 1 spiro atoms. The van der Waals surface area contributed by atoms with Crippen LogP contribution in [0.25, 0.3) is 0 Å². The SMILES string of the molecule is CCOC(=O)C1(CN)CC12CCCCC2.Cl. The molecule has 2 saturated carbocycles. The summed E-state index contributed by atoms with van der Waals surface area (Å²) in [6.07, 6.45) is 7.12. The fourth-order valence-corrected chi connectivity index (χ4v) is 3.35. The summed E-state index contributed by atoms with van der Waals surface area (Å²) in [6.45, 7) is 2.79. The Kier molecular flexibility index (Phi) is 4.24. The fourth-order valence-electron chi connectivity index (χ4n) is 3.35. The zero-order valence-corrected chi connectivity index (χ0v) is 10.8. The Bertz CT molecular complexity index is 264. The predicted octanol–water partition coefficient (Wildman–Crippen LogP) is 2.27. The monoisotopic (exact) mass is 247 g/mol. The van der Waals surface area contributed by atoms with Gasteiger partial charge in [-0.2, -0.15) is 0 Å². The molecular weight excluding hydrogens is 226 g/mol. The van der Waals surface area contributed by atoms with Crippen molar-refractivity contribution in [2.45, 2.75) is 45.4 Å². The van der Waals surface area contributed by atoms with Gasteiger partial charge < -0.3 is 10.5 Å². The highest BCUT2D eigenvalue weighted by atomic mass is 35.5. The summed E-state index contributed by atoms with van der Waals surface area (Å²) in [6, 6.07) is 0. The van der Waals surface area contributed by atoms with Gasteiger partial charge in [0.2, 0.25) is 0 Å². The Hall–Kier alpha value is -0.280. The van der Waals surface area contributed by atoms with Gasteiger partial charge in [0, 0.05) is 6.54 Å². The highest BCUT2D eigenvalue weighted by Crippen LogP contribution is 2.70. The summed E-state index contributed by atoms with van der Waals surface area (Å²) in [5.41, 5.74) is 5.70. The average Bonchev–Trinajstić information content (AvgIpc) is 2.88. The highest BCUT2D eigenvalue weighted by Gasteiger charge is 2.71. The van der Waals surface area contributed by atoms with Gasteiger partial charge in [0.25, 0.3) is 0 Å². The van der Waals surface area contributed by atoms with Crippen LogP contribution in [-0.4, -0.2) is 19.1 Å². The molecule has 2 rings (SSSR count). The smallest absolute Gasteiger partial charge is 0.313 e. The van der Waals surface area contributed by atoms with Crippen LogP contribution in [0.4, 0.5) is 0 Å². The van der Waals surface area contributed by atoms with E-state index in [0.29, 0.717) is 13.2 Å². The van der Waals surface area contributed by atoms with Gasteiger partial charge in [0.05, 0.1) is 12.0 Å². The summed E-state index contributed by atoms with van der Waals surface area (Å²) in [7, 11) is 0. The molecule has 0 aliphatic heterocycles. The second kappa shape index (κ2) is 4.92. The summed E-state index contributed by atoms with van der Waals surface area (Å²) >= 11 is 0. The highest BCUT2D eigenvalue weighted by molar-refractivity contribution is 5.85. The molecule has 0 amide bonds. The summed E-state index contributed by atoms with van der Waals surface area (Å²) in [5, 5.41) is 0. The lowest BCUT2D eigenvalue weighted by molar-refractivity contribution is -0.151. The largest absolute Gasteiger partial charge is 0.466 e. The first-order valence-electron chi connectivity index (χ1n) is 6.08. The van der Waals surface area contributed by atoms with Crippen molar-refractivity contribution in [3.8, 4) is 0 Å². The first-order chi connectivity index (χ1) is 7.21. The number of ether oxygens (including phenoxy) is 1. The molecule has 0 saturated heterocycles. The maximum absolute atomic E-state index is 11.9. The minimum Gasteiger partial charge on any atom is -0.466 e. The van der Waals surface area contributed by atoms with E-state index in [9.17, 15) is 4.79 Å². The van der Waals surface area contributed by atoms with Crippen LogP contribution in [0.1, 0.15) is 45.4 Å². The van der Waals surface area contributed by atoms with Gasteiger partial charge in [-0.25, -0.2) is 0 Å². The van der Waals surface area contributed by atoms with E-state index in [0.717, 1.165) is 6.42 Å². The van der Waals surface area contributed by atoms with E-state index in [-0.39, 0.29) is 29.2 Å². The van der Waals surface area contributed by atoms with Crippen molar-refractivity contribution >= 4 is 18.4 Å². The Morgan fingerprint density at radius 2 is 1.94 bits per heavy atom. The topological polar surface area (TPSA) is 52.3 Å². The van der Waals surface area contributed by atoms with Crippen LogP contribution in [0.15, 0.2) is 0 Å².